The Hall–Kier alpha value is -2.87. The summed E-state index contributed by atoms with van der Waals surface area (Å²) in [4.78, 5) is 34.1. The summed E-state index contributed by atoms with van der Waals surface area (Å²) in [6.45, 7) is 2.84. The number of nitrogens with zero attached hydrogens (tertiary/aromatic N) is 2. The van der Waals surface area contributed by atoms with Crippen LogP contribution in [0.2, 0.25) is 0 Å². The molecule has 0 aliphatic carbocycles. The molecule has 0 saturated carbocycles. The van der Waals surface area contributed by atoms with Crippen LogP contribution in [0.5, 0.6) is 5.75 Å². The third-order valence-corrected chi connectivity index (χ3v) is 6.29. The van der Waals surface area contributed by atoms with Gasteiger partial charge in [-0.05, 0) is 37.0 Å². The largest absolute Gasteiger partial charge is 0.497 e. The van der Waals surface area contributed by atoms with E-state index in [1.54, 1.807) is 24.6 Å². The number of benzene rings is 1. The Kier molecular flexibility index (Phi) is 5.53. The topological polar surface area (TPSA) is 87.3 Å². The number of ether oxygens (including phenoxy) is 1. The molecule has 29 heavy (non-hydrogen) atoms. The number of thiazole rings is 1. The standard InChI is InChI=1S/C21H24N4O3S/c1-13(26)23-19(20-22-7-10-29-20)14-5-8-25(9-6-14)21(27)18-11-15-3-4-16(28-2)12-17(15)24-18/h3-4,7,10-12,14,19,24H,5-6,8-9H2,1-2H3,(H,23,26)/t19-/m1/s1. The molecule has 1 atom stereocenters. The van der Waals surface area contributed by atoms with Crippen molar-refractivity contribution >= 4 is 34.1 Å². The molecule has 0 radical (unpaired) electrons. The maximum absolute atomic E-state index is 13.0. The smallest absolute Gasteiger partial charge is 0.270 e. The van der Waals surface area contributed by atoms with Gasteiger partial charge in [0.15, 0.2) is 0 Å². The van der Waals surface area contributed by atoms with Crippen LogP contribution < -0.4 is 10.1 Å². The highest BCUT2D eigenvalue weighted by Gasteiger charge is 2.32. The van der Waals surface area contributed by atoms with E-state index in [0.717, 1.165) is 34.5 Å². The number of piperidine rings is 1. The fraction of sp³-hybridized carbons (Fsp3) is 0.381. The van der Waals surface area contributed by atoms with Gasteiger partial charge in [0, 0.05) is 48.6 Å². The van der Waals surface area contributed by atoms with Crippen molar-refractivity contribution in [3.8, 4) is 5.75 Å². The van der Waals surface area contributed by atoms with Gasteiger partial charge in [0.1, 0.15) is 16.5 Å². The summed E-state index contributed by atoms with van der Waals surface area (Å²) in [5.41, 5.74) is 1.47. The highest BCUT2D eigenvalue weighted by molar-refractivity contribution is 7.09. The molecule has 152 valence electrons. The number of methoxy groups -OCH3 is 1. The predicted octanol–water partition coefficient (Wildman–Crippen LogP) is 3.36. The highest BCUT2D eigenvalue weighted by atomic mass is 32.1. The lowest BCUT2D eigenvalue weighted by Crippen LogP contribution is -2.42. The molecule has 3 aromatic rings. The third kappa shape index (κ3) is 4.12. The first-order valence-electron chi connectivity index (χ1n) is 9.67. The molecular formula is C21H24N4O3S. The second-order valence-electron chi connectivity index (χ2n) is 7.31. The molecule has 1 aromatic carbocycles. The fourth-order valence-corrected chi connectivity index (χ4v) is 4.72. The first kappa shape index (κ1) is 19.4. The second kappa shape index (κ2) is 8.24. The van der Waals surface area contributed by atoms with E-state index in [9.17, 15) is 9.59 Å². The van der Waals surface area contributed by atoms with Crippen LogP contribution in [0.25, 0.3) is 10.9 Å². The number of fused-ring (bicyclic) bond motifs is 1. The maximum Gasteiger partial charge on any atom is 0.270 e. The number of carbonyl (C=O) groups excluding carboxylic acids is 2. The molecule has 4 rings (SSSR count). The van der Waals surface area contributed by atoms with Crippen LogP contribution in [-0.2, 0) is 4.79 Å². The van der Waals surface area contributed by atoms with Crippen LogP contribution in [0, 0.1) is 5.92 Å². The third-order valence-electron chi connectivity index (χ3n) is 5.43. The molecule has 0 bridgehead atoms. The van der Waals surface area contributed by atoms with Gasteiger partial charge in [-0.25, -0.2) is 4.98 Å². The number of aromatic amines is 1. The van der Waals surface area contributed by atoms with Crippen LogP contribution in [0.15, 0.2) is 35.8 Å². The Morgan fingerprint density at radius 2 is 2.10 bits per heavy atom. The Morgan fingerprint density at radius 1 is 1.31 bits per heavy atom. The normalized spacial score (nSPS) is 16.0. The monoisotopic (exact) mass is 412 g/mol. The zero-order chi connectivity index (χ0) is 20.4. The summed E-state index contributed by atoms with van der Waals surface area (Å²) in [7, 11) is 1.63. The summed E-state index contributed by atoms with van der Waals surface area (Å²) in [6, 6.07) is 7.52. The number of nitrogens with one attached hydrogen (secondary N) is 2. The number of aromatic nitrogens is 2. The minimum absolute atomic E-state index is 0.00365. The molecular weight excluding hydrogens is 388 g/mol. The van der Waals surface area contributed by atoms with Crippen molar-refractivity contribution in [3.63, 3.8) is 0 Å². The number of hydrogen-bond acceptors (Lipinski definition) is 5. The van der Waals surface area contributed by atoms with Crippen LogP contribution in [0.4, 0.5) is 0 Å². The van der Waals surface area contributed by atoms with Gasteiger partial charge in [-0.1, -0.05) is 0 Å². The minimum atomic E-state index is -0.0923. The number of carbonyl (C=O) groups is 2. The lowest BCUT2D eigenvalue weighted by atomic mass is 9.89. The molecule has 0 unspecified atom stereocenters. The van der Waals surface area contributed by atoms with Crippen LogP contribution in [0.3, 0.4) is 0 Å². The first-order chi connectivity index (χ1) is 14.0. The zero-order valence-corrected chi connectivity index (χ0v) is 17.3. The van der Waals surface area contributed by atoms with Gasteiger partial charge in [-0.15, -0.1) is 11.3 Å². The summed E-state index contributed by atoms with van der Waals surface area (Å²) in [5, 5.41) is 6.88. The Balaban J connectivity index is 1.44. The Morgan fingerprint density at radius 3 is 2.76 bits per heavy atom. The van der Waals surface area contributed by atoms with E-state index < -0.39 is 0 Å². The minimum Gasteiger partial charge on any atom is -0.497 e. The predicted molar refractivity (Wildman–Crippen MR) is 112 cm³/mol. The van der Waals surface area contributed by atoms with Crippen molar-refractivity contribution in [1.82, 2.24) is 20.2 Å². The molecule has 2 N–H and O–H groups in total. The number of rotatable bonds is 5. The molecule has 1 aliphatic rings. The van der Waals surface area contributed by atoms with Gasteiger partial charge < -0.3 is 19.9 Å². The molecule has 8 heteroatoms. The molecule has 1 saturated heterocycles. The van der Waals surface area contributed by atoms with Crippen molar-refractivity contribution in [2.75, 3.05) is 20.2 Å². The molecule has 7 nitrogen and oxygen atoms in total. The van der Waals surface area contributed by atoms with E-state index in [-0.39, 0.29) is 23.8 Å². The molecule has 1 fully saturated rings. The molecule has 3 heterocycles. The molecule has 2 aromatic heterocycles. The van der Waals surface area contributed by atoms with Crippen molar-refractivity contribution in [2.45, 2.75) is 25.8 Å². The number of hydrogen-bond donors (Lipinski definition) is 2. The van der Waals surface area contributed by atoms with Gasteiger partial charge >= 0.3 is 0 Å². The van der Waals surface area contributed by atoms with Gasteiger partial charge in [0.25, 0.3) is 5.91 Å². The lowest BCUT2D eigenvalue weighted by molar-refractivity contribution is -0.120. The number of amides is 2. The number of likely N-dealkylation sites (tertiary alicyclic amines) is 1. The van der Waals surface area contributed by atoms with E-state index >= 15 is 0 Å². The van der Waals surface area contributed by atoms with Crippen LogP contribution in [-0.4, -0.2) is 46.9 Å². The molecule has 2 amide bonds. The van der Waals surface area contributed by atoms with Gasteiger partial charge in [-0.3, -0.25) is 9.59 Å². The zero-order valence-electron chi connectivity index (χ0n) is 16.5. The summed E-state index contributed by atoms with van der Waals surface area (Å²) in [5.74, 6) is 0.965. The average molecular weight is 413 g/mol. The van der Waals surface area contributed by atoms with Crippen molar-refractivity contribution < 1.29 is 14.3 Å². The lowest BCUT2D eigenvalue weighted by Gasteiger charge is -2.35. The van der Waals surface area contributed by atoms with E-state index in [2.05, 4.69) is 15.3 Å². The van der Waals surface area contributed by atoms with Gasteiger partial charge in [0.2, 0.25) is 5.91 Å². The van der Waals surface area contributed by atoms with Crippen LogP contribution >= 0.6 is 11.3 Å². The fourth-order valence-electron chi connectivity index (χ4n) is 3.94. The molecule has 1 aliphatic heterocycles. The summed E-state index contributed by atoms with van der Waals surface area (Å²) in [6.07, 6.45) is 3.41. The quantitative estimate of drug-likeness (QED) is 0.673. The Bertz CT molecular complexity index is 1010. The SMILES string of the molecule is COc1ccc2cc(C(=O)N3CCC([C@@H](NC(C)=O)c4nccs4)CC3)[nH]c2c1. The maximum atomic E-state index is 13.0. The summed E-state index contributed by atoms with van der Waals surface area (Å²) < 4.78 is 5.25. The average Bonchev–Trinajstić information content (AvgIpc) is 3.40. The van der Waals surface area contributed by atoms with Crippen LogP contribution in [0.1, 0.15) is 41.3 Å². The second-order valence-corrected chi connectivity index (χ2v) is 8.24. The summed E-state index contributed by atoms with van der Waals surface area (Å²) >= 11 is 1.55. The van der Waals surface area contributed by atoms with E-state index in [1.807, 2.05) is 34.5 Å². The highest BCUT2D eigenvalue weighted by Crippen LogP contribution is 2.32. The first-order valence-corrected chi connectivity index (χ1v) is 10.6. The van der Waals surface area contributed by atoms with Crippen molar-refractivity contribution in [2.24, 2.45) is 5.92 Å². The van der Waals surface area contributed by atoms with E-state index in [1.165, 1.54) is 6.92 Å². The molecule has 0 spiro atoms. The van der Waals surface area contributed by atoms with Gasteiger partial charge in [0.05, 0.1) is 13.2 Å². The van der Waals surface area contributed by atoms with Gasteiger partial charge in [-0.2, -0.15) is 0 Å². The van der Waals surface area contributed by atoms with Crippen molar-refractivity contribution in [1.29, 1.82) is 0 Å². The number of H-pyrrole nitrogens is 1. The van der Waals surface area contributed by atoms with Crippen molar-refractivity contribution in [3.05, 3.63) is 46.5 Å². The van der Waals surface area contributed by atoms with E-state index in [0.29, 0.717) is 18.8 Å². The Labute approximate surface area is 173 Å². The van der Waals surface area contributed by atoms with E-state index in [4.69, 9.17) is 4.74 Å².